The van der Waals surface area contributed by atoms with E-state index >= 15 is 0 Å². The summed E-state index contributed by atoms with van der Waals surface area (Å²) in [7, 11) is 0. The van der Waals surface area contributed by atoms with Crippen molar-refractivity contribution in [1.29, 1.82) is 0 Å². The van der Waals surface area contributed by atoms with Crippen LogP contribution in [0.1, 0.15) is 0 Å². The smallest absolute Gasteiger partial charge is 0.0209 e. The average Bonchev–Trinajstić information content (AvgIpc) is 0.918. The van der Waals surface area contributed by atoms with E-state index in [2.05, 4.69) is 0 Å². The maximum atomic E-state index is 9.12. The van der Waals surface area contributed by atoms with E-state index in [-0.39, 0.29) is 14.9 Å². The van der Waals surface area contributed by atoms with Gasteiger partial charge in [0, 0.05) is 5.15 Å². The van der Waals surface area contributed by atoms with E-state index < -0.39 is 0 Å². The quantitative estimate of drug-likeness (QED) is 0.414. The van der Waals surface area contributed by atoms with Crippen LogP contribution in [-0.4, -0.2) is 5.48 Å². The number of rotatable bonds is 0. The third-order valence-corrected chi connectivity index (χ3v) is 0. The molecule has 0 aromatic rings. The van der Waals surface area contributed by atoms with Gasteiger partial charge in [-0.15, -0.1) is 0 Å². The van der Waals surface area contributed by atoms with Crippen molar-refractivity contribution in [1.82, 2.24) is 0 Å². The first kappa shape index (κ1) is 45.1. The molecule has 0 aromatic heterocycles. The maximum absolute atomic E-state index is 9.12. The number of hydrogen-bond donors (Lipinski definition) is 0. The Balaban J connectivity index is -0.00000000667. The molecule has 6 heteroatoms. The van der Waals surface area contributed by atoms with Crippen molar-refractivity contribution in [3.05, 3.63) is 0 Å². The largest absolute Gasteiger partial charge is 0.412 e. The van der Waals surface area contributed by atoms with Crippen molar-refractivity contribution in [2.24, 2.45) is 0 Å². The molecule has 0 bridgehead atoms. The minimum atomic E-state index is 0. The molecule has 0 spiro atoms. The van der Waals surface area contributed by atoms with E-state index in [9.17, 15) is 0 Å². The van der Waals surface area contributed by atoms with Crippen molar-refractivity contribution in [2.75, 3.05) is 0 Å². The van der Waals surface area contributed by atoms with E-state index in [0.29, 0.717) is 0 Å². The molecular weight excluding hydrogens is 108 g/mol. The van der Waals surface area contributed by atoms with E-state index in [1.54, 1.807) is 0 Å². The predicted molar refractivity (Wildman–Crippen MR) is 11.9 cm³/mol. The lowest BCUT2D eigenvalue weighted by molar-refractivity contribution is -0.317. The second-order valence-corrected chi connectivity index (χ2v) is 0.0583. The van der Waals surface area contributed by atoms with Crippen LogP contribution in [-0.2, 0) is 5.15 Å². The van der Waals surface area contributed by atoms with Gasteiger partial charge in [-0.2, -0.15) is 0 Å². The van der Waals surface area contributed by atoms with Gasteiger partial charge in [0.2, 0.25) is 0 Å². The van der Waals surface area contributed by atoms with Crippen LogP contribution in [0.3, 0.4) is 0 Å². The topological polar surface area (TPSA) is 40.7 Å². The molecule has 0 unspecified atom stereocenters. The molecule has 0 rings (SSSR count). The standard InChI is InChI=1S/F2O.2FH.H2O/c1-3-2;;;/h;2*1H;1H2. The summed E-state index contributed by atoms with van der Waals surface area (Å²) >= 11 is 0. The van der Waals surface area contributed by atoms with Crippen LogP contribution in [0.5, 0.6) is 0 Å². The van der Waals surface area contributed by atoms with Gasteiger partial charge in [0.1, 0.15) is 0 Å². The van der Waals surface area contributed by atoms with Crippen LogP contribution < -0.4 is 0 Å². The molecule has 6 heavy (non-hydrogen) atoms. The van der Waals surface area contributed by atoms with Crippen LogP contribution in [0.2, 0.25) is 0 Å². The summed E-state index contributed by atoms with van der Waals surface area (Å²) in [5.41, 5.74) is 0. The number of halogens is 4. The van der Waals surface area contributed by atoms with Gasteiger partial charge in [-0.25, -0.2) is 0 Å². The van der Waals surface area contributed by atoms with E-state index in [1.165, 1.54) is 5.15 Å². The zero-order chi connectivity index (χ0) is 2.71. The van der Waals surface area contributed by atoms with Gasteiger partial charge < -0.3 is 5.48 Å². The monoisotopic (exact) mass is 112 g/mol. The normalized spacial score (nSPS) is 3.00. The van der Waals surface area contributed by atoms with Crippen molar-refractivity contribution >= 4 is 0 Å². The lowest BCUT2D eigenvalue weighted by atomic mass is 15.4. The van der Waals surface area contributed by atoms with Gasteiger partial charge in [0.25, 0.3) is 0 Å². The zero-order valence-electron chi connectivity index (χ0n) is 2.48. The minimum Gasteiger partial charge on any atom is -0.412 e. The molecule has 0 atom stereocenters. The molecule has 0 heterocycles. The van der Waals surface area contributed by atoms with Crippen molar-refractivity contribution in [3.8, 4) is 0 Å². The Bertz CT molecular complexity index is 5.51. The third kappa shape index (κ3) is 196. The van der Waals surface area contributed by atoms with Crippen LogP contribution in [0.15, 0.2) is 0 Å². The summed E-state index contributed by atoms with van der Waals surface area (Å²) in [4.78, 5) is 0. The summed E-state index contributed by atoms with van der Waals surface area (Å²) in [5, 5.41) is 1.25. The molecular formula is H4F4O2. The van der Waals surface area contributed by atoms with Crippen LogP contribution in [0, 0.1) is 0 Å². The Morgan fingerprint density at radius 2 is 1.00 bits per heavy atom. The second kappa shape index (κ2) is 150. The van der Waals surface area contributed by atoms with E-state index in [0.717, 1.165) is 0 Å². The van der Waals surface area contributed by atoms with Crippen LogP contribution >= 0.6 is 0 Å². The summed E-state index contributed by atoms with van der Waals surface area (Å²) < 4.78 is 18.2. The average molecular weight is 112 g/mol. The van der Waals surface area contributed by atoms with Gasteiger partial charge in [0.05, 0.1) is 0 Å². The molecule has 0 radical (unpaired) electrons. The summed E-state index contributed by atoms with van der Waals surface area (Å²) in [6, 6.07) is 0. The van der Waals surface area contributed by atoms with Gasteiger partial charge in [-0.3, -0.25) is 9.41 Å². The lowest BCUT2D eigenvalue weighted by Gasteiger charge is -1.41. The first-order chi connectivity index (χ1) is 1.41. The number of hydrogen-bond acceptors (Lipinski definition) is 1. The summed E-state index contributed by atoms with van der Waals surface area (Å²) in [6.07, 6.45) is 0. The van der Waals surface area contributed by atoms with E-state index in [1.807, 2.05) is 0 Å². The summed E-state index contributed by atoms with van der Waals surface area (Å²) in [6.45, 7) is 0. The van der Waals surface area contributed by atoms with Crippen molar-refractivity contribution in [3.63, 3.8) is 0 Å². The minimum absolute atomic E-state index is 0. The molecule has 0 aliphatic heterocycles. The van der Waals surface area contributed by atoms with Gasteiger partial charge in [-0.1, -0.05) is 0 Å². The van der Waals surface area contributed by atoms with Gasteiger partial charge in [0.15, 0.2) is 0 Å². The molecule has 0 fully saturated rings. The molecule has 0 amide bonds. The molecule has 0 saturated carbocycles. The second-order valence-electron chi connectivity index (χ2n) is 0.0583. The fourth-order valence-corrected chi connectivity index (χ4v) is 0. The Morgan fingerprint density at radius 3 is 1.00 bits per heavy atom. The first-order valence-corrected chi connectivity index (χ1v) is 0.309. The highest BCUT2D eigenvalue weighted by molar-refractivity contribution is 2.51. The predicted octanol–water partition coefficient (Wildman–Crippen LogP) is 0.252. The van der Waals surface area contributed by atoms with Crippen molar-refractivity contribution in [2.45, 2.75) is 0 Å². The highest BCUT2D eigenvalue weighted by Gasteiger charge is 1.42. The third-order valence-electron chi connectivity index (χ3n) is 0. The Labute approximate surface area is 30.6 Å². The maximum Gasteiger partial charge on any atom is 0.0209 e. The molecule has 2 N–H and O–H groups in total. The van der Waals surface area contributed by atoms with Crippen LogP contribution in [0.25, 0.3) is 0 Å². The fourth-order valence-electron chi connectivity index (χ4n) is 0. The fraction of sp³-hybridized carbons (Fsp3) is 0. The molecule has 44 valence electrons. The lowest BCUT2D eigenvalue weighted by Crippen LogP contribution is -1.26. The highest BCUT2D eigenvalue weighted by Crippen LogP contribution is 1.61. The van der Waals surface area contributed by atoms with Crippen LogP contribution in [0.4, 0.5) is 18.5 Å². The Hall–Kier alpha value is -0.360. The van der Waals surface area contributed by atoms with E-state index in [4.69, 9.17) is 9.05 Å². The Morgan fingerprint density at radius 1 is 1.00 bits per heavy atom. The first-order valence-electron chi connectivity index (χ1n) is 0.309. The van der Waals surface area contributed by atoms with Gasteiger partial charge in [-0.05, 0) is 9.05 Å². The molecule has 0 saturated heterocycles. The zero-order valence-corrected chi connectivity index (χ0v) is 2.48. The Kier molecular flexibility index (Phi) is 1130. The van der Waals surface area contributed by atoms with Crippen molar-refractivity contribution < 1.29 is 29.1 Å². The molecule has 0 aromatic carbocycles. The van der Waals surface area contributed by atoms with Gasteiger partial charge >= 0.3 is 0 Å². The highest BCUT2D eigenvalue weighted by atomic mass is 19.6. The molecule has 0 aliphatic rings. The SMILES string of the molecule is F.F.FOF.O. The summed E-state index contributed by atoms with van der Waals surface area (Å²) in [5.74, 6) is 0. The molecule has 0 aliphatic carbocycles. The molecule has 2 nitrogen and oxygen atoms in total.